The molecule has 0 aliphatic carbocycles. The van der Waals surface area contributed by atoms with E-state index < -0.39 is 0 Å². The van der Waals surface area contributed by atoms with Crippen LogP contribution < -0.4 is 0 Å². The first-order valence-electron chi connectivity index (χ1n) is 6.06. The summed E-state index contributed by atoms with van der Waals surface area (Å²) in [7, 11) is 0. The predicted octanol–water partition coefficient (Wildman–Crippen LogP) is 4.89. The lowest BCUT2D eigenvalue weighted by molar-refractivity contribution is 0.339. The smallest absolute Gasteiger partial charge is 0.0438 e. The summed E-state index contributed by atoms with van der Waals surface area (Å²) < 4.78 is 0. The zero-order valence-corrected chi connectivity index (χ0v) is 10.3. The van der Waals surface area contributed by atoms with E-state index in [0.717, 1.165) is 17.8 Å². The molecule has 2 atom stereocenters. The van der Waals surface area contributed by atoms with Crippen LogP contribution in [0.2, 0.25) is 0 Å². The molecule has 0 heterocycles. The molecule has 80 valence electrons. The van der Waals surface area contributed by atoms with E-state index in [2.05, 4.69) is 34.6 Å². The van der Waals surface area contributed by atoms with Gasteiger partial charge in [-0.05, 0) is 30.6 Å². The average molecular weight is 184 g/mol. The molecule has 0 aliphatic rings. The van der Waals surface area contributed by atoms with Crippen LogP contribution in [-0.2, 0) is 0 Å². The van der Waals surface area contributed by atoms with Crippen molar-refractivity contribution in [3.63, 3.8) is 0 Å². The number of rotatable bonds is 7. The van der Waals surface area contributed by atoms with Crippen LogP contribution in [0.3, 0.4) is 0 Å². The minimum absolute atomic E-state index is 0.869. The van der Waals surface area contributed by atoms with Gasteiger partial charge in [-0.3, -0.25) is 0 Å². The maximum atomic E-state index is 2.41. The van der Waals surface area contributed by atoms with Crippen LogP contribution >= 0.6 is 0 Å². The Hall–Kier alpha value is 0. The first-order chi connectivity index (χ1) is 6.06. The van der Waals surface area contributed by atoms with Crippen molar-refractivity contribution < 1.29 is 0 Å². The molecule has 2 unspecified atom stereocenters. The Morgan fingerprint density at radius 1 is 0.846 bits per heavy atom. The summed E-state index contributed by atoms with van der Waals surface area (Å²) in [5.74, 6) is 2.73. The first-order valence-corrected chi connectivity index (χ1v) is 6.06. The van der Waals surface area contributed by atoms with E-state index >= 15 is 0 Å². The van der Waals surface area contributed by atoms with Gasteiger partial charge >= 0.3 is 0 Å². The largest absolute Gasteiger partial charge is 0.0654 e. The zero-order valence-electron chi connectivity index (χ0n) is 10.3. The fourth-order valence-corrected chi connectivity index (χ4v) is 2.26. The molecule has 0 amide bonds. The second kappa shape index (κ2) is 7.41. The minimum atomic E-state index is 0.869. The molecular formula is C13H28. The maximum Gasteiger partial charge on any atom is -0.0438 e. The summed E-state index contributed by atoms with van der Waals surface area (Å²) in [6, 6.07) is 0. The molecular weight excluding hydrogens is 156 g/mol. The van der Waals surface area contributed by atoms with E-state index in [1.165, 1.54) is 32.1 Å². The van der Waals surface area contributed by atoms with E-state index in [-0.39, 0.29) is 0 Å². The standard InChI is InChI=1S/C13H28/c1-6-7-8-12(4)10-13(5)9-11(2)3/h11-13H,6-10H2,1-5H3. The molecule has 0 aromatic carbocycles. The summed E-state index contributed by atoms with van der Waals surface area (Å²) >= 11 is 0. The van der Waals surface area contributed by atoms with Crippen LogP contribution in [0.25, 0.3) is 0 Å². The molecule has 0 aromatic rings. The number of hydrogen-bond acceptors (Lipinski definition) is 0. The molecule has 0 spiro atoms. The van der Waals surface area contributed by atoms with Crippen LogP contribution in [0.15, 0.2) is 0 Å². The van der Waals surface area contributed by atoms with Crippen LogP contribution in [0.1, 0.15) is 66.7 Å². The summed E-state index contributed by atoms with van der Waals surface area (Å²) in [5, 5.41) is 0. The highest BCUT2D eigenvalue weighted by Crippen LogP contribution is 2.22. The van der Waals surface area contributed by atoms with E-state index in [1.807, 2.05) is 0 Å². The fourth-order valence-electron chi connectivity index (χ4n) is 2.26. The lowest BCUT2D eigenvalue weighted by Crippen LogP contribution is -2.06. The quantitative estimate of drug-likeness (QED) is 0.528. The molecule has 13 heavy (non-hydrogen) atoms. The van der Waals surface area contributed by atoms with Gasteiger partial charge in [0.05, 0.1) is 0 Å². The topological polar surface area (TPSA) is 0 Å². The van der Waals surface area contributed by atoms with Crippen molar-refractivity contribution in [2.45, 2.75) is 66.7 Å². The van der Waals surface area contributed by atoms with Crippen molar-refractivity contribution in [1.82, 2.24) is 0 Å². The van der Waals surface area contributed by atoms with Crippen LogP contribution in [0, 0.1) is 17.8 Å². The van der Waals surface area contributed by atoms with Gasteiger partial charge in [0.2, 0.25) is 0 Å². The van der Waals surface area contributed by atoms with Crippen molar-refractivity contribution in [3.8, 4) is 0 Å². The summed E-state index contributed by atoms with van der Waals surface area (Å²) in [5.41, 5.74) is 0. The number of unbranched alkanes of at least 4 members (excludes halogenated alkanes) is 1. The molecule has 0 fully saturated rings. The van der Waals surface area contributed by atoms with Crippen LogP contribution in [0.5, 0.6) is 0 Å². The van der Waals surface area contributed by atoms with Crippen molar-refractivity contribution in [1.29, 1.82) is 0 Å². The fraction of sp³-hybridized carbons (Fsp3) is 1.00. The lowest BCUT2D eigenvalue weighted by Gasteiger charge is -2.18. The van der Waals surface area contributed by atoms with E-state index in [9.17, 15) is 0 Å². The van der Waals surface area contributed by atoms with E-state index in [1.54, 1.807) is 0 Å². The second-order valence-electron chi connectivity index (χ2n) is 5.22. The Balaban J connectivity index is 3.46. The monoisotopic (exact) mass is 184 g/mol. The van der Waals surface area contributed by atoms with Crippen molar-refractivity contribution in [2.75, 3.05) is 0 Å². The van der Waals surface area contributed by atoms with Gasteiger partial charge in [-0.1, -0.05) is 53.9 Å². The lowest BCUT2D eigenvalue weighted by atomic mass is 9.88. The van der Waals surface area contributed by atoms with Crippen molar-refractivity contribution >= 4 is 0 Å². The SMILES string of the molecule is CCCCC(C)CC(C)CC(C)C. The molecule has 0 N–H and O–H groups in total. The van der Waals surface area contributed by atoms with Gasteiger partial charge in [-0.2, -0.15) is 0 Å². The molecule has 0 saturated heterocycles. The Morgan fingerprint density at radius 2 is 1.46 bits per heavy atom. The molecule has 0 bridgehead atoms. The highest BCUT2D eigenvalue weighted by atomic mass is 14.2. The summed E-state index contributed by atoms with van der Waals surface area (Å²) in [6.07, 6.45) is 7.02. The molecule has 0 rings (SSSR count). The molecule has 0 radical (unpaired) electrons. The van der Waals surface area contributed by atoms with E-state index in [4.69, 9.17) is 0 Å². The van der Waals surface area contributed by atoms with Gasteiger partial charge in [0.25, 0.3) is 0 Å². The average Bonchev–Trinajstić information content (AvgIpc) is 1.98. The van der Waals surface area contributed by atoms with Gasteiger partial charge < -0.3 is 0 Å². The van der Waals surface area contributed by atoms with Crippen molar-refractivity contribution in [3.05, 3.63) is 0 Å². The molecule has 0 aliphatic heterocycles. The Kier molecular flexibility index (Phi) is 7.41. The molecule has 0 nitrogen and oxygen atoms in total. The van der Waals surface area contributed by atoms with Crippen LogP contribution in [-0.4, -0.2) is 0 Å². The Bertz CT molecular complexity index is 105. The summed E-state index contributed by atoms with van der Waals surface area (Å²) in [6.45, 7) is 11.7. The first kappa shape index (κ1) is 13.0. The van der Waals surface area contributed by atoms with Crippen LogP contribution in [0.4, 0.5) is 0 Å². The number of hydrogen-bond donors (Lipinski definition) is 0. The molecule has 0 aromatic heterocycles. The van der Waals surface area contributed by atoms with Gasteiger partial charge in [-0.25, -0.2) is 0 Å². The predicted molar refractivity (Wildman–Crippen MR) is 61.9 cm³/mol. The van der Waals surface area contributed by atoms with Gasteiger partial charge in [0.1, 0.15) is 0 Å². The zero-order chi connectivity index (χ0) is 10.3. The normalized spacial score (nSPS) is 16.2. The van der Waals surface area contributed by atoms with Gasteiger partial charge in [0.15, 0.2) is 0 Å². The van der Waals surface area contributed by atoms with Gasteiger partial charge in [0, 0.05) is 0 Å². The van der Waals surface area contributed by atoms with Gasteiger partial charge in [-0.15, -0.1) is 0 Å². The highest BCUT2D eigenvalue weighted by molar-refractivity contribution is 4.61. The Morgan fingerprint density at radius 3 is 1.92 bits per heavy atom. The molecule has 0 saturated carbocycles. The summed E-state index contributed by atoms with van der Waals surface area (Å²) in [4.78, 5) is 0. The molecule has 0 heteroatoms. The highest BCUT2D eigenvalue weighted by Gasteiger charge is 2.09. The third-order valence-corrected chi connectivity index (χ3v) is 2.73. The van der Waals surface area contributed by atoms with E-state index in [0.29, 0.717) is 0 Å². The third-order valence-electron chi connectivity index (χ3n) is 2.73. The second-order valence-corrected chi connectivity index (χ2v) is 5.22. The third kappa shape index (κ3) is 8.33. The Labute approximate surface area is 85.1 Å². The maximum absolute atomic E-state index is 2.41. The van der Waals surface area contributed by atoms with Crippen molar-refractivity contribution in [2.24, 2.45) is 17.8 Å². The minimum Gasteiger partial charge on any atom is -0.0654 e.